The SMILES string of the molecule is COC1(CO)CCN(C)CC1. The number of piperidine rings is 1. The van der Waals surface area contributed by atoms with Gasteiger partial charge in [-0.2, -0.15) is 0 Å². The fourth-order valence-corrected chi connectivity index (χ4v) is 1.45. The summed E-state index contributed by atoms with van der Waals surface area (Å²) in [4.78, 5) is 2.26. The van der Waals surface area contributed by atoms with Gasteiger partial charge in [0.2, 0.25) is 0 Å². The highest BCUT2D eigenvalue weighted by molar-refractivity contribution is 4.85. The molecule has 11 heavy (non-hydrogen) atoms. The van der Waals surface area contributed by atoms with Crippen LogP contribution in [-0.4, -0.2) is 49.5 Å². The lowest BCUT2D eigenvalue weighted by Crippen LogP contribution is -2.46. The molecule has 0 radical (unpaired) electrons. The second-order valence-electron chi connectivity index (χ2n) is 3.35. The maximum atomic E-state index is 9.08. The molecule has 3 heteroatoms. The maximum Gasteiger partial charge on any atom is 0.0932 e. The molecule has 66 valence electrons. The van der Waals surface area contributed by atoms with Crippen molar-refractivity contribution in [1.82, 2.24) is 4.90 Å². The van der Waals surface area contributed by atoms with Crippen molar-refractivity contribution in [3.8, 4) is 0 Å². The van der Waals surface area contributed by atoms with E-state index in [-0.39, 0.29) is 12.2 Å². The van der Waals surface area contributed by atoms with Gasteiger partial charge < -0.3 is 14.7 Å². The van der Waals surface area contributed by atoms with Crippen LogP contribution >= 0.6 is 0 Å². The summed E-state index contributed by atoms with van der Waals surface area (Å²) >= 11 is 0. The van der Waals surface area contributed by atoms with Gasteiger partial charge >= 0.3 is 0 Å². The number of methoxy groups -OCH3 is 1. The summed E-state index contributed by atoms with van der Waals surface area (Å²) in [5, 5.41) is 9.08. The fraction of sp³-hybridized carbons (Fsp3) is 1.00. The molecule has 0 aromatic rings. The quantitative estimate of drug-likeness (QED) is 0.620. The Labute approximate surface area is 68.0 Å². The number of likely N-dealkylation sites (tertiary alicyclic amines) is 1. The van der Waals surface area contributed by atoms with Crippen molar-refractivity contribution in [2.45, 2.75) is 18.4 Å². The van der Waals surface area contributed by atoms with Crippen molar-refractivity contribution in [3.05, 3.63) is 0 Å². The standard InChI is InChI=1S/C8H17NO2/c1-9-5-3-8(7-10,11-2)4-6-9/h10H,3-7H2,1-2H3. The third-order valence-electron chi connectivity index (χ3n) is 2.62. The molecule has 0 amide bonds. The van der Waals surface area contributed by atoms with E-state index in [9.17, 15) is 0 Å². The van der Waals surface area contributed by atoms with E-state index in [1.165, 1.54) is 0 Å². The Morgan fingerprint density at radius 2 is 2.00 bits per heavy atom. The molecule has 1 rings (SSSR count). The van der Waals surface area contributed by atoms with Crippen molar-refractivity contribution in [2.24, 2.45) is 0 Å². The highest BCUT2D eigenvalue weighted by atomic mass is 16.5. The van der Waals surface area contributed by atoms with E-state index in [2.05, 4.69) is 11.9 Å². The molecule has 1 aliphatic rings. The normalized spacial score (nSPS) is 25.4. The van der Waals surface area contributed by atoms with Gasteiger partial charge in [-0.15, -0.1) is 0 Å². The Morgan fingerprint density at radius 3 is 2.36 bits per heavy atom. The lowest BCUT2D eigenvalue weighted by molar-refractivity contribution is -0.0859. The molecule has 0 aromatic carbocycles. The molecule has 0 aromatic heterocycles. The van der Waals surface area contributed by atoms with Gasteiger partial charge in [-0.25, -0.2) is 0 Å². The molecule has 0 atom stereocenters. The number of nitrogens with zero attached hydrogens (tertiary/aromatic N) is 1. The van der Waals surface area contributed by atoms with E-state index in [0.29, 0.717) is 0 Å². The summed E-state index contributed by atoms with van der Waals surface area (Å²) < 4.78 is 5.30. The number of aliphatic hydroxyl groups excluding tert-OH is 1. The summed E-state index contributed by atoms with van der Waals surface area (Å²) in [6.45, 7) is 2.19. The van der Waals surface area contributed by atoms with Crippen molar-refractivity contribution in [1.29, 1.82) is 0 Å². The average molecular weight is 159 g/mol. The Kier molecular flexibility index (Phi) is 2.87. The first kappa shape index (κ1) is 8.97. The van der Waals surface area contributed by atoms with Gasteiger partial charge in [0.05, 0.1) is 12.2 Å². The lowest BCUT2D eigenvalue weighted by Gasteiger charge is -2.38. The molecule has 0 spiro atoms. The lowest BCUT2D eigenvalue weighted by atomic mass is 9.92. The van der Waals surface area contributed by atoms with Crippen molar-refractivity contribution >= 4 is 0 Å². The predicted molar refractivity (Wildman–Crippen MR) is 43.6 cm³/mol. The van der Waals surface area contributed by atoms with E-state index in [1.807, 2.05) is 0 Å². The van der Waals surface area contributed by atoms with Crippen LogP contribution in [0.15, 0.2) is 0 Å². The highest BCUT2D eigenvalue weighted by Gasteiger charge is 2.32. The van der Waals surface area contributed by atoms with Gasteiger partial charge in [-0.1, -0.05) is 0 Å². The number of aliphatic hydroxyl groups is 1. The van der Waals surface area contributed by atoms with Gasteiger partial charge in [0.1, 0.15) is 0 Å². The average Bonchev–Trinajstić information content (AvgIpc) is 2.07. The monoisotopic (exact) mass is 159 g/mol. The maximum absolute atomic E-state index is 9.08. The Balaban J connectivity index is 2.45. The minimum absolute atomic E-state index is 0.150. The smallest absolute Gasteiger partial charge is 0.0932 e. The van der Waals surface area contributed by atoms with Crippen LogP contribution in [0.4, 0.5) is 0 Å². The molecular weight excluding hydrogens is 142 g/mol. The number of hydrogen-bond acceptors (Lipinski definition) is 3. The zero-order valence-corrected chi connectivity index (χ0v) is 7.34. The molecule has 1 N–H and O–H groups in total. The second-order valence-corrected chi connectivity index (χ2v) is 3.35. The number of hydrogen-bond donors (Lipinski definition) is 1. The van der Waals surface area contributed by atoms with Crippen LogP contribution in [-0.2, 0) is 4.74 Å². The third-order valence-corrected chi connectivity index (χ3v) is 2.62. The van der Waals surface area contributed by atoms with E-state index in [0.717, 1.165) is 25.9 Å². The first-order valence-electron chi connectivity index (χ1n) is 4.07. The Hall–Kier alpha value is -0.120. The molecule has 0 unspecified atom stereocenters. The fourth-order valence-electron chi connectivity index (χ4n) is 1.45. The molecule has 0 aliphatic carbocycles. The van der Waals surface area contributed by atoms with Crippen LogP contribution in [0.2, 0.25) is 0 Å². The van der Waals surface area contributed by atoms with E-state index in [1.54, 1.807) is 7.11 Å². The summed E-state index contributed by atoms with van der Waals surface area (Å²) in [6, 6.07) is 0. The van der Waals surface area contributed by atoms with Crippen LogP contribution in [0.3, 0.4) is 0 Å². The second kappa shape index (κ2) is 3.52. The van der Waals surface area contributed by atoms with Crippen molar-refractivity contribution < 1.29 is 9.84 Å². The first-order chi connectivity index (χ1) is 5.22. The van der Waals surface area contributed by atoms with Gasteiger partial charge in [0.25, 0.3) is 0 Å². The molecule has 1 saturated heterocycles. The topological polar surface area (TPSA) is 32.7 Å². The van der Waals surface area contributed by atoms with Gasteiger partial charge in [0, 0.05) is 20.2 Å². The Morgan fingerprint density at radius 1 is 1.45 bits per heavy atom. The summed E-state index contributed by atoms with van der Waals surface area (Å²) in [5.41, 5.74) is -0.244. The van der Waals surface area contributed by atoms with Crippen molar-refractivity contribution in [2.75, 3.05) is 33.9 Å². The van der Waals surface area contributed by atoms with Crippen molar-refractivity contribution in [3.63, 3.8) is 0 Å². The van der Waals surface area contributed by atoms with E-state index < -0.39 is 0 Å². The molecule has 1 heterocycles. The molecule has 0 saturated carbocycles. The van der Waals surface area contributed by atoms with Crippen LogP contribution in [0.25, 0.3) is 0 Å². The molecule has 3 nitrogen and oxygen atoms in total. The zero-order chi connectivity index (χ0) is 8.32. The van der Waals surface area contributed by atoms with E-state index in [4.69, 9.17) is 9.84 Å². The third kappa shape index (κ3) is 1.92. The minimum atomic E-state index is -0.244. The molecule has 1 fully saturated rings. The minimum Gasteiger partial charge on any atom is -0.393 e. The van der Waals surface area contributed by atoms with Crippen LogP contribution in [0.5, 0.6) is 0 Å². The summed E-state index contributed by atoms with van der Waals surface area (Å²) in [6.07, 6.45) is 1.88. The number of rotatable bonds is 2. The largest absolute Gasteiger partial charge is 0.393 e. The number of ether oxygens (including phenoxy) is 1. The summed E-state index contributed by atoms with van der Waals surface area (Å²) in [5.74, 6) is 0. The molecular formula is C8H17NO2. The van der Waals surface area contributed by atoms with Crippen LogP contribution in [0.1, 0.15) is 12.8 Å². The Bertz CT molecular complexity index is 113. The van der Waals surface area contributed by atoms with Crippen LogP contribution in [0, 0.1) is 0 Å². The van der Waals surface area contributed by atoms with Gasteiger partial charge in [0.15, 0.2) is 0 Å². The predicted octanol–water partition coefficient (Wildman–Crippen LogP) is 0.0895. The van der Waals surface area contributed by atoms with Gasteiger partial charge in [-0.3, -0.25) is 0 Å². The zero-order valence-electron chi connectivity index (χ0n) is 7.34. The van der Waals surface area contributed by atoms with Gasteiger partial charge in [-0.05, 0) is 19.9 Å². The highest BCUT2D eigenvalue weighted by Crippen LogP contribution is 2.23. The molecule has 0 bridgehead atoms. The summed E-state index contributed by atoms with van der Waals surface area (Å²) in [7, 11) is 3.78. The van der Waals surface area contributed by atoms with Crippen LogP contribution < -0.4 is 0 Å². The molecule has 1 aliphatic heterocycles. The first-order valence-corrected chi connectivity index (χ1v) is 4.07. The van der Waals surface area contributed by atoms with E-state index >= 15 is 0 Å².